The van der Waals surface area contributed by atoms with E-state index in [2.05, 4.69) is 0 Å². The van der Waals surface area contributed by atoms with Gasteiger partial charge in [0.25, 0.3) is 5.79 Å². The van der Waals surface area contributed by atoms with Crippen LogP contribution in [0.2, 0.25) is 0 Å². The number of cyclic esters (lactones) is 2. The minimum absolute atomic E-state index is 0.271. The number of hydrogen-bond acceptors (Lipinski definition) is 6. The third kappa shape index (κ3) is 2.69. The van der Waals surface area contributed by atoms with Crippen LogP contribution in [0.15, 0.2) is 11.8 Å². The first-order chi connectivity index (χ1) is 8.80. The topological polar surface area (TPSA) is 93.1 Å². The number of rotatable bonds is 2. The molecule has 0 aromatic heterocycles. The molecule has 7 heteroatoms. The minimum atomic E-state index is -1.29. The lowest BCUT2D eigenvalue weighted by atomic mass is 10.2. The van der Waals surface area contributed by atoms with Gasteiger partial charge in [0.05, 0.1) is 0 Å². The molecule has 0 aliphatic carbocycles. The smallest absolute Gasteiger partial charge is 0.350 e. The Morgan fingerprint density at radius 1 is 1.37 bits per heavy atom. The molecule has 1 N–H and O–H groups in total. The summed E-state index contributed by atoms with van der Waals surface area (Å²) in [6, 6.07) is -0.719. The van der Waals surface area contributed by atoms with Gasteiger partial charge in [0, 0.05) is 26.6 Å². The predicted molar refractivity (Wildman–Crippen MR) is 61.7 cm³/mol. The Morgan fingerprint density at radius 2 is 1.95 bits per heavy atom. The van der Waals surface area contributed by atoms with Crippen LogP contribution in [0.1, 0.15) is 26.7 Å². The monoisotopic (exact) mass is 269 g/mol. The van der Waals surface area contributed by atoms with E-state index in [0.717, 1.165) is 0 Å². The molecule has 2 saturated heterocycles. The van der Waals surface area contributed by atoms with E-state index in [9.17, 15) is 14.4 Å². The SMILES string of the molecule is CC1(C)OC(=O)C(=CN2CCCC2C(=O)O)C(=O)O1. The molecule has 2 aliphatic heterocycles. The van der Waals surface area contributed by atoms with Gasteiger partial charge in [-0.3, -0.25) is 0 Å². The molecule has 2 aliphatic rings. The van der Waals surface area contributed by atoms with E-state index in [1.54, 1.807) is 0 Å². The van der Waals surface area contributed by atoms with Gasteiger partial charge < -0.3 is 19.5 Å². The van der Waals surface area contributed by atoms with E-state index in [1.165, 1.54) is 24.9 Å². The molecule has 2 rings (SSSR count). The van der Waals surface area contributed by atoms with Gasteiger partial charge in [-0.1, -0.05) is 0 Å². The Bertz CT molecular complexity index is 445. The molecule has 0 amide bonds. The van der Waals surface area contributed by atoms with Crippen molar-refractivity contribution in [3.8, 4) is 0 Å². The number of carboxylic acids is 1. The Morgan fingerprint density at radius 3 is 2.47 bits per heavy atom. The summed E-state index contributed by atoms with van der Waals surface area (Å²) < 4.78 is 9.88. The second kappa shape index (κ2) is 4.56. The molecule has 7 nitrogen and oxygen atoms in total. The largest absolute Gasteiger partial charge is 0.480 e. The fourth-order valence-corrected chi connectivity index (χ4v) is 2.14. The van der Waals surface area contributed by atoms with E-state index in [-0.39, 0.29) is 5.57 Å². The summed E-state index contributed by atoms with van der Waals surface area (Å²) >= 11 is 0. The van der Waals surface area contributed by atoms with E-state index in [4.69, 9.17) is 14.6 Å². The van der Waals surface area contributed by atoms with Crippen LogP contribution in [0.25, 0.3) is 0 Å². The second-order valence-corrected chi connectivity index (χ2v) is 4.96. The standard InChI is InChI=1S/C12H15NO6/c1-12(2)18-10(16)7(11(17)19-12)6-13-5-3-4-8(13)9(14)15/h6,8H,3-5H2,1-2H3,(H,14,15). The van der Waals surface area contributed by atoms with E-state index in [0.29, 0.717) is 19.4 Å². The number of aliphatic carboxylic acids is 1. The van der Waals surface area contributed by atoms with Crippen molar-refractivity contribution in [1.82, 2.24) is 4.90 Å². The highest BCUT2D eigenvalue weighted by atomic mass is 16.7. The Hall–Kier alpha value is -2.05. The first kappa shape index (κ1) is 13.4. The molecule has 0 bridgehead atoms. The van der Waals surface area contributed by atoms with E-state index < -0.39 is 29.7 Å². The molecule has 104 valence electrons. The molecule has 0 aromatic carbocycles. The van der Waals surface area contributed by atoms with Crippen LogP contribution in [-0.2, 0) is 23.9 Å². The summed E-state index contributed by atoms with van der Waals surface area (Å²) in [7, 11) is 0. The Kier molecular flexibility index (Phi) is 3.21. The van der Waals surface area contributed by atoms with Gasteiger partial charge in [-0.15, -0.1) is 0 Å². The molecule has 19 heavy (non-hydrogen) atoms. The van der Waals surface area contributed by atoms with Gasteiger partial charge in [0.2, 0.25) is 0 Å². The van der Waals surface area contributed by atoms with Crippen molar-refractivity contribution in [1.29, 1.82) is 0 Å². The Balaban J connectivity index is 2.21. The first-order valence-corrected chi connectivity index (χ1v) is 5.97. The highest BCUT2D eigenvalue weighted by Gasteiger charge is 2.40. The number of carboxylic acid groups (broad SMARTS) is 1. The molecule has 2 fully saturated rings. The zero-order valence-corrected chi connectivity index (χ0v) is 10.7. The number of hydrogen-bond donors (Lipinski definition) is 1. The van der Waals surface area contributed by atoms with Gasteiger partial charge in [-0.05, 0) is 12.8 Å². The zero-order valence-electron chi connectivity index (χ0n) is 10.7. The van der Waals surface area contributed by atoms with Crippen LogP contribution < -0.4 is 0 Å². The maximum Gasteiger partial charge on any atom is 0.350 e. The molecule has 1 atom stereocenters. The number of carbonyl (C=O) groups is 3. The summed E-state index contributed by atoms with van der Waals surface area (Å²) in [4.78, 5) is 35.9. The first-order valence-electron chi connectivity index (χ1n) is 5.97. The van der Waals surface area contributed by atoms with E-state index in [1.807, 2.05) is 0 Å². The van der Waals surface area contributed by atoms with Crippen LogP contribution in [0.3, 0.4) is 0 Å². The lowest BCUT2D eigenvalue weighted by Gasteiger charge is -2.30. The fraction of sp³-hybridized carbons (Fsp3) is 0.583. The van der Waals surface area contributed by atoms with Crippen molar-refractivity contribution < 1.29 is 29.0 Å². The van der Waals surface area contributed by atoms with Gasteiger partial charge in [0.1, 0.15) is 6.04 Å². The van der Waals surface area contributed by atoms with Crippen LogP contribution >= 0.6 is 0 Å². The number of carbonyl (C=O) groups excluding carboxylic acids is 2. The third-order valence-electron chi connectivity index (χ3n) is 2.99. The molecule has 2 heterocycles. The van der Waals surface area contributed by atoms with Crippen LogP contribution in [-0.4, -0.2) is 46.3 Å². The maximum absolute atomic E-state index is 11.7. The zero-order chi connectivity index (χ0) is 14.2. The van der Waals surface area contributed by atoms with Crippen molar-refractivity contribution in [2.24, 2.45) is 0 Å². The molecular formula is C12H15NO6. The fourth-order valence-electron chi connectivity index (χ4n) is 2.14. The summed E-state index contributed by atoms with van der Waals surface area (Å²) in [5, 5.41) is 9.02. The third-order valence-corrected chi connectivity index (χ3v) is 2.99. The molecule has 0 saturated carbocycles. The molecule has 0 radical (unpaired) electrons. The van der Waals surface area contributed by atoms with Gasteiger partial charge in [0.15, 0.2) is 5.57 Å². The van der Waals surface area contributed by atoms with Gasteiger partial charge in [-0.2, -0.15) is 0 Å². The van der Waals surface area contributed by atoms with Crippen molar-refractivity contribution in [3.05, 3.63) is 11.8 Å². The van der Waals surface area contributed by atoms with E-state index >= 15 is 0 Å². The molecular weight excluding hydrogens is 254 g/mol. The minimum Gasteiger partial charge on any atom is -0.480 e. The summed E-state index contributed by atoms with van der Waals surface area (Å²) in [5.74, 6) is -3.86. The Labute approximate surface area is 109 Å². The summed E-state index contributed by atoms with van der Waals surface area (Å²) in [6.45, 7) is 3.38. The highest BCUT2D eigenvalue weighted by Crippen LogP contribution is 2.25. The lowest BCUT2D eigenvalue weighted by molar-refractivity contribution is -0.222. The summed E-state index contributed by atoms with van der Waals surface area (Å²) in [5.41, 5.74) is -0.271. The van der Waals surface area contributed by atoms with Crippen LogP contribution in [0.4, 0.5) is 0 Å². The second-order valence-electron chi connectivity index (χ2n) is 4.96. The molecule has 1 unspecified atom stereocenters. The predicted octanol–water partition coefficient (Wildman–Crippen LogP) is 0.255. The number of likely N-dealkylation sites (tertiary alicyclic amines) is 1. The van der Waals surface area contributed by atoms with Gasteiger partial charge in [-0.25, -0.2) is 14.4 Å². The van der Waals surface area contributed by atoms with Crippen molar-refractivity contribution in [2.75, 3.05) is 6.54 Å². The van der Waals surface area contributed by atoms with Crippen molar-refractivity contribution in [3.63, 3.8) is 0 Å². The summed E-state index contributed by atoms with van der Waals surface area (Å²) in [6.07, 6.45) is 2.40. The number of nitrogens with zero attached hydrogens (tertiary/aromatic N) is 1. The van der Waals surface area contributed by atoms with Gasteiger partial charge >= 0.3 is 17.9 Å². The van der Waals surface area contributed by atoms with Crippen LogP contribution in [0, 0.1) is 0 Å². The number of ether oxygens (including phenoxy) is 2. The average molecular weight is 269 g/mol. The van der Waals surface area contributed by atoms with Crippen molar-refractivity contribution in [2.45, 2.75) is 38.5 Å². The number of esters is 2. The van der Waals surface area contributed by atoms with Crippen molar-refractivity contribution >= 4 is 17.9 Å². The average Bonchev–Trinajstić information content (AvgIpc) is 2.70. The lowest BCUT2D eigenvalue weighted by Crippen LogP contribution is -2.43. The molecule has 0 spiro atoms. The van der Waals surface area contributed by atoms with Crippen LogP contribution in [0.5, 0.6) is 0 Å². The normalized spacial score (nSPS) is 25.9. The maximum atomic E-state index is 11.7. The highest BCUT2D eigenvalue weighted by molar-refractivity contribution is 6.15. The quantitative estimate of drug-likeness (QED) is 0.436. The molecule has 0 aromatic rings.